The molecule has 1 aliphatic carbocycles. The van der Waals surface area contributed by atoms with Gasteiger partial charge in [0, 0.05) is 28.9 Å². The van der Waals surface area contributed by atoms with Crippen molar-refractivity contribution in [2.75, 3.05) is 19.5 Å². The van der Waals surface area contributed by atoms with Gasteiger partial charge in [0.1, 0.15) is 17.1 Å². The maximum absolute atomic E-state index is 15.0. The van der Waals surface area contributed by atoms with Crippen LogP contribution < -0.4 is 24.8 Å². The molecule has 1 aromatic heterocycles. The van der Waals surface area contributed by atoms with Gasteiger partial charge in [-0.3, -0.25) is 14.6 Å². The van der Waals surface area contributed by atoms with E-state index in [9.17, 15) is 14.0 Å². The van der Waals surface area contributed by atoms with Crippen molar-refractivity contribution >= 4 is 28.4 Å². The minimum absolute atomic E-state index is 0.0294. The summed E-state index contributed by atoms with van der Waals surface area (Å²) in [5.74, 6) is -1.02. The lowest BCUT2D eigenvalue weighted by atomic mass is 10.1. The molecule has 2 amide bonds. The number of amides is 2. The van der Waals surface area contributed by atoms with E-state index >= 15 is 4.39 Å². The Labute approximate surface area is 216 Å². The number of aromatic nitrogens is 1. The first kappa shape index (κ1) is 24.9. The number of benzene rings is 3. The summed E-state index contributed by atoms with van der Waals surface area (Å²) in [5.41, 5.74) is -0.108. The minimum Gasteiger partial charge on any atom is -0.493 e. The molecule has 1 fully saturated rings. The van der Waals surface area contributed by atoms with Crippen LogP contribution >= 0.6 is 0 Å². The molecule has 0 saturated heterocycles. The summed E-state index contributed by atoms with van der Waals surface area (Å²) >= 11 is 0. The van der Waals surface area contributed by atoms with Gasteiger partial charge in [0.2, 0.25) is 5.91 Å². The quantitative estimate of drug-likeness (QED) is 0.331. The van der Waals surface area contributed by atoms with Gasteiger partial charge in [-0.15, -0.1) is 0 Å². The lowest BCUT2D eigenvalue weighted by Crippen LogP contribution is -2.46. The predicted molar refractivity (Wildman–Crippen MR) is 136 cm³/mol. The molecule has 38 heavy (non-hydrogen) atoms. The largest absolute Gasteiger partial charge is 0.493 e. The molecule has 1 saturated carbocycles. The van der Waals surface area contributed by atoms with Gasteiger partial charge in [0.05, 0.1) is 19.7 Å². The second-order valence-corrected chi connectivity index (χ2v) is 8.78. The van der Waals surface area contributed by atoms with Crippen molar-refractivity contribution in [2.45, 2.75) is 18.4 Å². The number of hydrogen-bond acceptors (Lipinski definition) is 6. The molecular weight excluding hydrogens is 496 g/mol. The molecule has 10 heteroatoms. The fraction of sp³-hybridized carbons (Fsp3) is 0.179. The van der Waals surface area contributed by atoms with Crippen molar-refractivity contribution in [1.29, 1.82) is 0 Å². The third-order valence-electron chi connectivity index (χ3n) is 6.26. The topological polar surface area (TPSA) is 98.8 Å². The van der Waals surface area contributed by atoms with Gasteiger partial charge in [-0.05, 0) is 67.4 Å². The number of fused-ring (bicyclic) bond motifs is 1. The first-order chi connectivity index (χ1) is 18.3. The molecular formula is C28H23F2N3O5. The molecule has 0 aliphatic heterocycles. The van der Waals surface area contributed by atoms with Crippen LogP contribution in [0.15, 0.2) is 66.9 Å². The smallest absolute Gasteiger partial charge is 0.252 e. The van der Waals surface area contributed by atoms with Gasteiger partial charge in [-0.2, -0.15) is 0 Å². The van der Waals surface area contributed by atoms with Gasteiger partial charge < -0.3 is 24.8 Å². The van der Waals surface area contributed by atoms with Crippen LogP contribution in [0.3, 0.4) is 0 Å². The van der Waals surface area contributed by atoms with Gasteiger partial charge in [-0.25, -0.2) is 8.78 Å². The van der Waals surface area contributed by atoms with Crippen LogP contribution in [0.1, 0.15) is 23.2 Å². The summed E-state index contributed by atoms with van der Waals surface area (Å²) in [6.45, 7) is 0. The number of hydrogen-bond donors (Lipinski definition) is 2. The molecule has 0 atom stereocenters. The number of nitrogens with zero attached hydrogens (tertiary/aromatic N) is 1. The molecule has 2 N–H and O–H groups in total. The van der Waals surface area contributed by atoms with Crippen molar-refractivity contribution in [3.05, 3.63) is 84.1 Å². The summed E-state index contributed by atoms with van der Waals surface area (Å²) in [7, 11) is 3.02. The number of pyridine rings is 1. The van der Waals surface area contributed by atoms with Crippen molar-refractivity contribution in [2.24, 2.45) is 0 Å². The van der Waals surface area contributed by atoms with E-state index in [1.807, 2.05) is 0 Å². The van der Waals surface area contributed by atoms with Crippen LogP contribution in [0.5, 0.6) is 23.0 Å². The Bertz CT molecular complexity index is 1540. The Kier molecular flexibility index (Phi) is 6.54. The lowest BCUT2D eigenvalue weighted by Gasteiger charge is -2.18. The minimum atomic E-state index is -1.10. The van der Waals surface area contributed by atoms with Gasteiger partial charge in [0.25, 0.3) is 5.91 Å². The average Bonchev–Trinajstić information content (AvgIpc) is 3.71. The maximum Gasteiger partial charge on any atom is 0.252 e. The highest BCUT2D eigenvalue weighted by Crippen LogP contribution is 2.38. The molecule has 0 radical (unpaired) electrons. The van der Waals surface area contributed by atoms with E-state index in [0.717, 1.165) is 6.07 Å². The molecule has 4 aromatic rings. The Morgan fingerprint density at radius 2 is 1.58 bits per heavy atom. The van der Waals surface area contributed by atoms with E-state index in [1.165, 1.54) is 56.8 Å². The molecule has 1 heterocycles. The Morgan fingerprint density at radius 3 is 2.24 bits per heavy atom. The highest BCUT2D eigenvalue weighted by Gasteiger charge is 2.51. The third-order valence-corrected chi connectivity index (χ3v) is 6.26. The monoisotopic (exact) mass is 519 g/mol. The first-order valence-electron chi connectivity index (χ1n) is 11.7. The standard InChI is InChI=1S/C28H23F2N3O5/c1-36-24-14-19-21(15-25(24)37-2)31-12-9-22(19)38-23-8-3-16(13-20(23)30)26(34)33-28(10-11-28)27(35)32-18-6-4-17(29)5-7-18/h3-9,12-15H,10-11H2,1-2H3,(H,32,35)(H,33,34). The molecule has 5 rings (SSSR count). The Morgan fingerprint density at radius 1 is 0.868 bits per heavy atom. The SMILES string of the molecule is COc1cc2nccc(Oc3ccc(C(=O)NC4(C(=O)Nc5ccc(F)cc5)CC4)cc3F)c2cc1OC. The van der Waals surface area contributed by atoms with E-state index in [4.69, 9.17) is 14.2 Å². The molecule has 194 valence electrons. The van der Waals surface area contributed by atoms with Crippen molar-refractivity contribution in [3.63, 3.8) is 0 Å². The third kappa shape index (κ3) is 4.93. The summed E-state index contributed by atoms with van der Waals surface area (Å²) in [5, 5.41) is 5.94. The van der Waals surface area contributed by atoms with Gasteiger partial charge in [0.15, 0.2) is 23.1 Å². The van der Waals surface area contributed by atoms with Crippen molar-refractivity contribution in [3.8, 4) is 23.0 Å². The Hall–Kier alpha value is -4.73. The fourth-order valence-corrected chi connectivity index (χ4v) is 3.99. The predicted octanol–water partition coefficient (Wildman–Crippen LogP) is 5.22. The number of ether oxygens (including phenoxy) is 3. The fourth-order valence-electron chi connectivity index (χ4n) is 3.99. The molecule has 1 aliphatic rings. The van der Waals surface area contributed by atoms with E-state index in [-0.39, 0.29) is 11.3 Å². The first-order valence-corrected chi connectivity index (χ1v) is 11.7. The summed E-state index contributed by atoms with van der Waals surface area (Å²) in [6.07, 6.45) is 2.38. The zero-order chi connectivity index (χ0) is 26.9. The highest BCUT2D eigenvalue weighted by molar-refractivity contribution is 6.05. The van der Waals surface area contributed by atoms with Crippen molar-refractivity contribution in [1.82, 2.24) is 10.3 Å². The number of carbonyl (C=O) groups excluding carboxylic acids is 2. The van der Waals surface area contributed by atoms with Crippen LogP contribution in [-0.2, 0) is 4.79 Å². The molecule has 0 bridgehead atoms. The van der Waals surface area contributed by atoms with E-state index < -0.39 is 29.0 Å². The second kappa shape index (κ2) is 9.97. The van der Waals surface area contributed by atoms with E-state index in [0.29, 0.717) is 46.7 Å². The zero-order valence-electron chi connectivity index (χ0n) is 20.5. The van der Waals surface area contributed by atoms with Crippen LogP contribution in [0.4, 0.5) is 14.5 Å². The normalized spacial score (nSPS) is 13.5. The van der Waals surface area contributed by atoms with Crippen LogP contribution in [0.25, 0.3) is 10.9 Å². The molecule has 8 nitrogen and oxygen atoms in total. The molecule has 0 spiro atoms. The molecule has 3 aromatic carbocycles. The van der Waals surface area contributed by atoms with Crippen LogP contribution in [-0.4, -0.2) is 36.6 Å². The zero-order valence-corrected chi connectivity index (χ0v) is 20.5. The summed E-state index contributed by atoms with van der Waals surface area (Å²) < 4.78 is 44.6. The van der Waals surface area contributed by atoms with Gasteiger partial charge >= 0.3 is 0 Å². The number of anilines is 1. The van der Waals surface area contributed by atoms with Gasteiger partial charge in [-0.1, -0.05) is 0 Å². The summed E-state index contributed by atoms with van der Waals surface area (Å²) in [4.78, 5) is 29.9. The number of rotatable bonds is 8. The number of halogens is 2. The number of methoxy groups -OCH3 is 2. The number of carbonyl (C=O) groups is 2. The second-order valence-electron chi connectivity index (χ2n) is 8.78. The Balaban J connectivity index is 1.31. The van der Waals surface area contributed by atoms with E-state index in [1.54, 1.807) is 18.2 Å². The highest BCUT2D eigenvalue weighted by atomic mass is 19.1. The summed E-state index contributed by atoms with van der Waals surface area (Å²) in [6, 6.07) is 14.1. The molecule has 0 unspecified atom stereocenters. The van der Waals surface area contributed by atoms with Crippen molar-refractivity contribution < 1.29 is 32.6 Å². The maximum atomic E-state index is 15.0. The number of nitrogens with one attached hydrogen (secondary N) is 2. The van der Waals surface area contributed by atoms with Crippen LogP contribution in [0.2, 0.25) is 0 Å². The average molecular weight is 520 g/mol. The lowest BCUT2D eigenvalue weighted by molar-refractivity contribution is -0.118. The van der Waals surface area contributed by atoms with E-state index in [2.05, 4.69) is 15.6 Å². The van der Waals surface area contributed by atoms with Crippen LogP contribution in [0, 0.1) is 11.6 Å².